The number of hydrogen-bond donors (Lipinski definition) is 2. The number of nitro benzene ring substituents is 1. The number of nitrogens with zero attached hydrogens (tertiary/aromatic N) is 1. The number of ether oxygens (including phenoxy) is 1. The highest BCUT2D eigenvalue weighted by atomic mass is 19.1. The van der Waals surface area contributed by atoms with Crippen molar-refractivity contribution in [2.45, 2.75) is 13.0 Å². The predicted molar refractivity (Wildman–Crippen MR) is 86.6 cm³/mol. The zero-order valence-electron chi connectivity index (χ0n) is 13.1. The third-order valence-corrected chi connectivity index (χ3v) is 3.36. The molecule has 8 heteroatoms. The fraction of sp³-hybridized carbons (Fsp3) is 0.188. The Balaban J connectivity index is 2.10. The molecule has 0 unspecified atom stereocenters. The van der Waals surface area contributed by atoms with Crippen LogP contribution in [-0.2, 0) is 0 Å². The minimum atomic E-state index is -0.566. The minimum Gasteiger partial charge on any atom is -0.495 e. The van der Waals surface area contributed by atoms with Crippen LogP contribution in [0.15, 0.2) is 42.5 Å². The van der Waals surface area contributed by atoms with E-state index in [1.54, 1.807) is 19.1 Å². The van der Waals surface area contributed by atoms with E-state index in [4.69, 9.17) is 4.74 Å². The van der Waals surface area contributed by atoms with Crippen LogP contribution >= 0.6 is 0 Å². The molecule has 1 atom stereocenters. The van der Waals surface area contributed by atoms with E-state index in [1.807, 2.05) is 0 Å². The summed E-state index contributed by atoms with van der Waals surface area (Å²) in [4.78, 5) is 22.4. The molecule has 126 valence electrons. The van der Waals surface area contributed by atoms with E-state index < -0.39 is 11.0 Å². The monoisotopic (exact) mass is 333 g/mol. The van der Waals surface area contributed by atoms with Crippen molar-refractivity contribution in [1.82, 2.24) is 5.32 Å². The summed E-state index contributed by atoms with van der Waals surface area (Å²) in [6.45, 7) is 1.73. The van der Waals surface area contributed by atoms with Crippen molar-refractivity contribution in [3.63, 3.8) is 0 Å². The van der Waals surface area contributed by atoms with Crippen LogP contribution in [0.5, 0.6) is 5.75 Å². The first-order chi connectivity index (χ1) is 11.4. The van der Waals surface area contributed by atoms with Crippen molar-refractivity contribution in [3.05, 3.63) is 64.0 Å². The summed E-state index contributed by atoms with van der Waals surface area (Å²) in [5, 5.41) is 16.0. The Morgan fingerprint density at radius 1 is 1.25 bits per heavy atom. The van der Waals surface area contributed by atoms with Gasteiger partial charge in [-0.05, 0) is 30.7 Å². The highest BCUT2D eigenvalue weighted by Crippen LogP contribution is 2.28. The number of hydrogen-bond acceptors (Lipinski definition) is 4. The summed E-state index contributed by atoms with van der Waals surface area (Å²) in [5.41, 5.74) is 0.728. The predicted octanol–water partition coefficient (Wildman–Crippen LogP) is 3.63. The van der Waals surface area contributed by atoms with Gasteiger partial charge in [0.15, 0.2) is 0 Å². The molecule has 0 radical (unpaired) electrons. The minimum absolute atomic E-state index is 0.169. The molecule has 2 amide bonds. The number of carbonyl (C=O) groups excluding carboxylic acids is 1. The maximum Gasteiger partial charge on any atom is 0.319 e. The lowest BCUT2D eigenvalue weighted by Gasteiger charge is -2.16. The quantitative estimate of drug-likeness (QED) is 0.645. The molecule has 0 aliphatic heterocycles. The van der Waals surface area contributed by atoms with Gasteiger partial charge in [-0.3, -0.25) is 10.1 Å². The molecule has 0 heterocycles. The van der Waals surface area contributed by atoms with Gasteiger partial charge in [-0.1, -0.05) is 12.1 Å². The van der Waals surface area contributed by atoms with Gasteiger partial charge in [-0.15, -0.1) is 0 Å². The Labute approximate surface area is 137 Å². The smallest absolute Gasteiger partial charge is 0.319 e. The number of carbonyl (C=O) groups is 1. The summed E-state index contributed by atoms with van der Waals surface area (Å²) in [6, 6.07) is 8.68. The first kappa shape index (κ1) is 17.2. The summed E-state index contributed by atoms with van der Waals surface area (Å²) < 4.78 is 18.0. The van der Waals surface area contributed by atoms with Crippen LogP contribution in [0.1, 0.15) is 18.5 Å². The number of anilines is 1. The molecule has 0 saturated carbocycles. The van der Waals surface area contributed by atoms with Gasteiger partial charge in [-0.2, -0.15) is 0 Å². The average Bonchev–Trinajstić information content (AvgIpc) is 2.55. The first-order valence-corrected chi connectivity index (χ1v) is 7.06. The molecule has 0 bridgehead atoms. The molecule has 0 fully saturated rings. The van der Waals surface area contributed by atoms with Crippen LogP contribution in [0.25, 0.3) is 0 Å². The van der Waals surface area contributed by atoms with Gasteiger partial charge < -0.3 is 15.4 Å². The molecule has 0 aliphatic carbocycles. The number of benzene rings is 2. The van der Waals surface area contributed by atoms with E-state index in [0.717, 1.165) is 5.56 Å². The number of non-ortho nitro benzene ring substituents is 1. The van der Waals surface area contributed by atoms with E-state index in [9.17, 15) is 19.3 Å². The normalized spacial score (nSPS) is 11.5. The number of amides is 2. The van der Waals surface area contributed by atoms with Crippen LogP contribution in [0.3, 0.4) is 0 Å². The van der Waals surface area contributed by atoms with Gasteiger partial charge in [0.1, 0.15) is 11.6 Å². The zero-order chi connectivity index (χ0) is 17.7. The Kier molecular flexibility index (Phi) is 5.31. The van der Waals surface area contributed by atoms with Crippen LogP contribution < -0.4 is 15.4 Å². The van der Waals surface area contributed by atoms with Crippen molar-refractivity contribution >= 4 is 17.4 Å². The van der Waals surface area contributed by atoms with Gasteiger partial charge in [0.05, 0.1) is 23.8 Å². The molecule has 2 N–H and O–H groups in total. The molecule has 2 aromatic carbocycles. The first-order valence-electron chi connectivity index (χ1n) is 7.06. The number of methoxy groups -OCH3 is 1. The molecular formula is C16H16FN3O4. The zero-order valence-corrected chi connectivity index (χ0v) is 13.1. The van der Waals surface area contributed by atoms with Crippen LogP contribution in [-0.4, -0.2) is 18.1 Å². The van der Waals surface area contributed by atoms with Crippen LogP contribution in [0.4, 0.5) is 20.6 Å². The molecular weight excluding hydrogens is 317 g/mol. The van der Waals surface area contributed by atoms with Crippen molar-refractivity contribution in [3.8, 4) is 5.75 Å². The summed E-state index contributed by atoms with van der Waals surface area (Å²) in [7, 11) is 1.39. The lowest BCUT2D eigenvalue weighted by molar-refractivity contribution is -0.384. The van der Waals surface area contributed by atoms with Crippen molar-refractivity contribution in [2.24, 2.45) is 0 Å². The molecule has 7 nitrogen and oxygen atoms in total. The van der Waals surface area contributed by atoms with Gasteiger partial charge in [0.2, 0.25) is 0 Å². The van der Waals surface area contributed by atoms with E-state index >= 15 is 0 Å². The number of halogens is 1. The Morgan fingerprint density at radius 2 is 1.92 bits per heavy atom. The summed E-state index contributed by atoms with van der Waals surface area (Å²) in [6.07, 6.45) is 0. The Morgan fingerprint density at radius 3 is 2.50 bits per heavy atom. The van der Waals surface area contributed by atoms with Crippen molar-refractivity contribution in [1.29, 1.82) is 0 Å². The largest absolute Gasteiger partial charge is 0.495 e. The van der Waals surface area contributed by atoms with Crippen molar-refractivity contribution in [2.75, 3.05) is 12.4 Å². The second-order valence-corrected chi connectivity index (χ2v) is 5.01. The molecule has 2 aromatic rings. The third-order valence-electron chi connectivity index (χ3n) is 3.36. The van der Waals surface area contributed by atoms with Crippen LogP contribution in [0.2, 0.25) is 0 Å². The van der Waals surface area contributed by atoms with Crippen LogP contribution in [0, 0.1) is 15.9 Å². The van der Waals surface area contributed by atoms with E-state index in [2.05, 4.69) is 10.6 Å². The third kappa shape index (κ3) is 4.19. The second kappa shape index (κ2) is 7.40. The summed E-state index contributed by atoms with van der Waals surface area (Å²) in [5.74, 6) is -0.0677. The standard InChI is InChI=1S/C16H16FN3O4/c1-10(11-3-5-12(17)6-4-11)18-16(21)19-14-9-13(20(22)23)7-8-15(14)24-2/h3-10H,1-2H3,(H2,18,19,21)/t10-/m0/s1. The van der Waals surface area contributed by atoms with E-state index in [-0.39, 0.29) is 23.2 Å². The highest BCUT2D eigenvalue weighted by Gasteiger charge is 2.15. The molecule has 0 aromatic heterocycles. The fourth-order valence-electron chi connectivity index (χ4n) is 2.10. The van der Waals surface area contributed by atoms with Crippen molar-refractivity contribution < 1.29 is 18.8 Å². The second-order valence-electron chi connectivity index (χ2n) is 5.01. The lowest BCUT2D eigenvalue weighted by atomic mass is 10.1. The highest BCUT2D eigenvalue weighted by molar-refractivity contribution is 5.91. The lowest BCUT2D eigenvalue weighted by Crippen LogP contribution is -2.31. The number of nitrogens with one attached hydrogen (secondary N) is 2. The number of rotatable bonds is 5. The van der Waals surface area contributed by atoms with Gasteiger partial charge >= 0.3 is 6.03 Å². The summed E-state index contributed by atoms with van der Waals surface area (Å²) >= 11 is 0. The topological polar surface area (TPSA) is 93.5 Å². The Hall–Kier alpha value is -3.16. The maximum atomic E-state index is 12.9. The molecule has 0 spiro atoms. The van der Waals surface area contributed by atoms with E-state index in [1.165, 1.54) is 37.4 Å². The SMILES string of the molecule is COc1ccc([N+](=O)[O-])cc1NC(=O)N[C@@H](C)c1ccc(F)cc1. The molecule has 2 rings (SSSR count). The molecule has 24 heavy (non-hydrogen) atoms. The molecule has 0 aliphatic rings. The number of nitro groups is 1. The van der Waals surface area contributed by atoms with E-state index in [0.29, 0.717) is 5.75 Å². The fourth-order valence-corrected chi connectivity index (χ4v) is 2.10. The maximum absolute atomic E-state index is 12.9. The average molecular weight is 333 g/mol. The van der Waals surface area contributed by atoms with Gasteiger partial charge in [0.25, 0.3) is 5.69 Å². The van der Waals surface area contributed by atoms with Gasteiger partial charge in [0, 0.05) is 12.1 Å². The van der Waals surface area contributed by atoms with Gasteiger partial charge in [-0.25, -0.2) is 9.18 Å². The number of urea groups is 1. The Bertz CT molecular complexity index is 749. The molecule has 0 saturated heterocycles.